The molecule has 0 radical (unpaired) electrons. The molecular weight excluding hydrogens is 380 g/mol. The first kappa shape index (κ1) is 19.0. The Morgan fingerprint density at radius 1 is 1.07 bits per heavy atom. The highest BCUT2D eigenvalue weighted by Crippen LogP contribution is 2.39. The van der Waals surface area contributed by atoms with E-state index in [2.05, 4.69) is 32.0 Å². The van der Waals surface area contributed by atoms with Gasteiger partial charge in [0.15, 0.2) is 0 Å². The number of aromatic nitrogens is 3. The molecule has 1 aliphatic carbocycles. The summed E-state index contributed by atoms with van der Waals surface area (Å²) < 4.78 is 0. The lowest BCUT2D eigenvalue weighted by molar-refractivity contribution is 0.0131. The molecule has 5 rings (SSSR count). The summed E-state index contributed by atoms with van der Waals surface area (Å²) in [4.78, 5) is 14.9. The summed E-state index contributed by atoms with van der Waals surface area (Å²) >= 11 is 0. The Hall–Kier alpha value is -2.97. The summed E-state index contributed by atoms with van der Waals surface area (Å²) in [6, 6.07) is 9.79. The van der Waals surface area contributed by atoms with Gasteiger partial charge in [-0.3, -0.25) is 0 Å². The van der Waals surface area contributed by atoms with E-state index in [0.29, 0.717) is 18.1 Å². The normalized spacial score (nSPS) is 25.7. The van der Waals surface area contributed by atoms with Crippen molar-refractivity contribution >= 4 is 28.4 Å². The third kappa shape index (κ3) is 3.22. The van der Waals surface area contributed by atoms with Gasteiger partial charge in [0.1, 0.15) is 29.9 Å². The molecule has 156 valence electrons. The maximum atomic E-state index is 10.8. The molecule has 30 heavy (non-hydrogen) atoms. The van der Waals surface area contributed by atoms with Gasteiger partial charge in [-0.2, -0.15) is 0 Å². The van der Waals surface area contributed by atoms with E-state index in [0.717, 1.165) is 53.7 Å². The zero-order valence-electron chi connectivity index (χ0n) is 16.6. The molecule has 0 spiro atoms. The molecule has 3 heterocycles. The molecule has 0 amide bonds. The summed E-state index contributed by atoms with van der Waals surface area (Å²) in [6.07, 6.45) is 2.96. The minimum atomic E-state index is -0.810. The third-order valence-corrected chi connectivity index (χ3v) is 6.58. The van der Waals surface area contributed by atoms with Crippen LogP contribution < -0.4 is 16.4 Å². The molecule has 8 heteroatoms. The average molecular weight is 406 g/mol. The van der Waals surface area contributed by atoms with E-state index >= 15 is 0 Å². The van der Waals surface area contributed by atoms with E-state index in [4.69, 9.17) is 11.5 Å². The minimum Gasteiger partial charge on any atom is -0.390 e. The number of hydrogen-bond donors (Lipinski definition) is 4. The highest BCUT2D eigenvalue weighted by Gasteiger charge is 2.45. The Balaban J connectivity index is 1.30. The molecule has 4 atom stereocenters. The highest BCUT2D eigenvalue weighted by molar-refractivity contribution is 5.80. The summed E-state index contributed by atoms with van der Waals surface area (Å²) in [7, 11) is 0. The number of nitrogen functional groups attached to an aromatic ring is 2. The van der Waals surface area contributed by atoms with Crippen molar-refractivity contribution in [1.29, 1.82) is 0 Å². The number of aliphatic hydroxyl groups excluding tert-OH is 2. The van der Waals surface area contributed by atoms with Crippen LogP contribution in [0.1, 0.15) is 24.0 Å². The number of nitrogens with two attached hydrogens (primary N) is 2. The molecule has 1 fully saturated rings. The molecule has 0 unspecified atom stereocenters. The largest absolute Gasteiger partial charge is 0.390 e. The van der Waals surface area contributed by atoms with Crippen LogP contribution in [0.5, 0.6) is 0 Å². The summed E-state index contributed by atoms with van der Waals surface area (Å²) in [6.45, 7) is 0.733. The van der Waals surface area contributed by atoms with Crippen molar-refractivity contribution in [2.45, 2.75) is 43.9 Å². The Labute approximate surface area is 174 Å². The fraction of sp³-hybridized carbons (Fsp3) is 0.409. The number of pyridine rings is 1. The van der Waals surface area contributed by atoms with Gasteiger partial charge in [0, 0.05) is 17.5 Å². The first-order chi connectivity index (χ1) is 14.5. The first-order valence-corrected chi connectivity index (χ1v) is 10.4. The average Bonchev–Trinajstić information content (AvgIpc) is 3.29. The molecule has 2 aliphatic rings. The summed E-state index contributed by atoms with van der Waals surface area (Å²) in [5.74, 6) is 1.81. The molecule has 2 aromatic heterocycles. The van der Waals surface area contributed by atoms with Crippen molar-refractivity contribution in [3.05, 3.63) is 47.8 Å². The van der Waals surface area contributed by atoms with Crippen LogP contribution in [0.15, 0.2) is 36.7 Å². The molecule has 1 saturated carbocycles. The zero-order chi connectivity index (χ0) is 20.8. The third-order valence-electron chi connectivity index (χ3n) is 6.58. The monoisotopic (exact) mass is 406 g/mol. The van der Waals surface area contributed by atoms with Crippen LogP contribution in [0.3, 0.4) is 0 Å². The quantitative estimate of drug-likeness (QED) is 0.509. The van der Waals surface area contributed by atoms with E-state index in [1.54, 1.807) is 6.07 Å². The molecule has 3 aromatic rings. The Kier molecular flexibility index (Phi) is 4.67. The standard InChI is InChI=1S/C22H26N6O2/c23-18-6-5-13-3-1-12(9-16(13)27-18)2-4-14-10-17(20(30)19(14)29)28-8-7-15-21(24)25-11-26-22(15)28/h1,3,5-6,9,11,14,17,19-20,29-30H,2,4,7-8,10H2,(H2,23,27)(H2,24,25,26)/t14-,17+,19+,20-/m0/s1. The number of fused-ring (bicyclic) bond motifs is 2. The van der Waals surface area contributed by atoms with Gasteiger partial charge in [-0.25, -0.2) is 15.0 Å². The van der Waals surface area contributed by atoms with E-state index < -0.39 is 12.2 Å². The fourth-order valence-electron chi connectivity index (χ4n) is 4.95. The van der Waals surface area contributed by atoms with Crippen LogP contribution in [0, 0.1) is 5.92 Å². The molecule has 6 N–H and O–H groups in total. The van der Waals surface area contributed by atoms with E-state index in [1.165, 1.54) is 6.33 Å². The first-order valence-electron chi connectivity index (χ1n) is 10.4. The second-order valence-corrected chi connectivity index (χ2v) is 8.35. The van der Waals surface area contributed by atoms with Gasteiger partial charge in [-0.05, 0) is 55.4 Å². The molecule has 0 bridgehead atoms. The van der Waals surface area contributed by atoms with Crippen LogP contribution in [0.25, 0.3) is 10.9 Å². The highest BCUT2D eigenvalue weighted by atomic mass is 16.3. The maximum absolute atomic E-state index is 10.8. The summed E-state index contributed by atoms with van der Waals surface area (Å²) in [5.41, 5.74) is 14.8. The van der Waals surface area contributed by atoms with Gasteiger partial charge in [-0.1, -0.05) is 12.1 Å². The molecule has 8 nitrogen and oxygen atoms in total. The molecule has 0 saturated heterocycles. The topological polar surface area (TPSA) is 134 Å². The predicted molar refractivity (Wildman–Crippen MR) is 116 cm³/mol. The number of aliphatic hydroxyl groups is 2. The Bertz CT molecular complexity index is 1090. The van der Waals surface area contributed by atoms with Gasteiger partial charge in [-0.15, -0.1) is 0 Å². The van der Waals surface area contributed by atoms with Crippen LogP contribution in [0.4, 0.5) is 17.5 Å². The van der Waals surface area contributed by atoms with Crippen molar-refractivity contribution in [3.63, 3.8) is 0 Å². The van der Waals surface area contributed by atoms with Gasteiger partial charge in [0.2, 0.25) is 0 Å². The Morgan fingerprint density at radius 3 is 2.77 bits per heavy atom. The SMILES string of the molecule is Nc1ccc2ccc(CC[C@H]3C[C@@H](N4CCc5c(N)ncnc54)[C@H](O)[C@@H]3O)cc2n1. The van der Waals surface area contributed by atoms with E-state index in [9.17, 15) is 10.2 Å². The lowest BCUT2D eigenvalue weighted by Gasteiger charge is -2.28. The zero-order valence-corrected chi connectivity index (χ0v) is 16.6. The predicted octanol–water partition coefficient (Wildman–Crippen LogP) is 1.29. The van der Waals surface area contributed by atoms with Crippen molar-refractivity contribution in [2.75, 3.05) is 22.9 Å². The van der Waals surface area contributed by atoms with Crippen molar-refractivity contribution in [2.24, 2.45) is 5.92 Å². The number of aryl methyl sites for hydroxylation is 1. The number of anilines is 3. The number of rotatable bonds is 4. The Morgan fingerprint density at radius 2 is 1.90 bits per heavy atom. The lowest BCUT2D eigenvalue weighted by atomic mass is 9.95. The maximum Gasteiger partial charge on any atom is 0.137 e. The van der Waals surface area contributed by atoms with Crippen molar-refractivity contribution in [3.8, 4) is 0 Å². The molecule has 1 aliphatic heterocycles. The smallest absolute Gasteiger partial charge is 0.137 e. The van der Waals surface area contributed by atoms with Crippen LogP contribution in [-0.2, 0) is 12.8 Å². The number of nitrogens with zero attached hydrogens (tertiary/aromatic N) is 4. The minimum absolute atomic E-state index is 0.0118. The summed E-state index contributed by atoms with van der Waals surface area (Å²) in [5, 5.41) is 22.5. The number of benzene rings is 1. The van der Waals surface area contributed by atoms with Crippen molar-refractivity contribution in [1.82, 2.24) is 15.0 Å². The van der Waals surface area contributed by atoms with Crippen molar-refractivity contribution < 1.29 is 10.2 Å². The van der Waals surface area contributed by atoms with Crippen LogP contribution >= 0.6 is 0 Å². The fourth-order valence-corrected chi connectivity index (χ4v) is 4.95. The van der Waals surface area contributed by atoms with Gasteiger partial charge in [0.05, 0.1) is 17.7 Å². The van der Waals surface area contributed by atoms with Gasteiger partial charge < -0.3 is 26.6 Å². The van der Waals surface area contributed by atoms with E-state index in [1.807, 2.05) is 12.1 Å². The van der Waals surface area contributed by atoms with Gasteiger partial charge in [0.25, 0.3) is 0 Å². The second kappa shape index (κ2) is 7.37. The van der Waals surface area contributed by atoms with Crippen LogP contribution in [-0.4, -0.2) is 50.0 Å². The molecular formula is C22H26N6O2. The van der Waals surface area contributed by atoms with Crippen LogP contribution in [0.2, 0.25) is 0 Å². The van der Waals surface area contributed by atoms with Gasteiger partial charge >= 0.3 is 0 Å². The molecule has 1 aromatic carbocycles. The van der Waals surface area contributed by atoms with E-state index in [-0.39, 0.29) is 12.0 Å². The lowest BCUT2D eigenvalue weighted by Crippen LogP contribution is -2.43. The number of hydrogen-bond acceptors (Lipinski definition) is 8. The second-order valence-electron chi connectivity index (χ2n) is 8.35.